The molecule has 5 nitrogen and oxygen atoms in total. The van der Waals surface area contributed by atoms with Crippen molar-refractivity contribution in [1.29, 1.82) is 0 Å². The van der Waals surface area contributed by atoms with Crippen molar-refractivity contribution in [1.82, 2.24) is 19.5 Å². The molecule has 9 aromatic carbocycles. The lowest BCUT2D eigenvalue weighted by atomic mass is 9.94. The van der Waals surface area contributed by atoms with Crippen LogP contribution >= 0.6 is 0 Å². The molecule has 0 saturated carbocycles. The number of furan rings is 1. The number of fused-ring (bicyclic) bond motifs is 7. The highest BCUT2D eigenvalue weighted by Gasteiger charge is 2.22. The largest absolute Gasteiger partial charge is 0.456 e. The number of hydrogen-bond acceptors (Lipinski definition) is 4. The molecule has 3 aromatic heterocycles. The van der Waals surface area contributed by atoms with Gasteiger partial charge in [-0.15, -0.1) is 0 Å². The number of aromatic nitrogens is 4. The summed E-state index contributed by atoms with van der Waals surface area (Å²) in [7, 11) is 0. The monoisotopic (exact) mass is 766 g/mol. The second-order valence-corrected chi connectivity index (χ2v) is 15.2. The summed E-state index contributed by atoms with van der Waals surface area (Å²) in [6, 6.07) is 72.2. The molecule has 280 valence electrons. The first-order valence-corrected chi connectivity index (χ1v) is 20.2. The van der Waals surface area contributed by atoms with Gasteiger partial charge in [0.1, 0.15) is 11.2 Å². The summed E-state index contributed by atoms with van der Waals surface area (Å²) in [6.45, 7) is 0. The van der Waals surface area contributed by atoms with Crippen molar-refractivity contribution >= 4 is 54.5 Å². The molecule has 12 rings (SSSR count). The second kappa shape index (κ2) is 13.8. The Labute approximate surface area is 345 Å². The van der Waals surface area contributed by atoms with E-state index < -0.39 is 0 Å². The maximum atomic E-state index is 6.47. The Balaban J connectivity index is 1.15. The predicted octanol–water partition coefficient (Wildman–Crippen LogP) is 14.4. The number of hydrogen-bond donors (Lipinski definition) is 0. The normalized spacial score (nSPS) is 11.7. The van der Waals surface area contributed by atoms with E-state index in [1.54, 1.807) is 0 Å². The molecular formula is C55H34N4O. The molecule has 5 heteroatoms. The van der Waals surface area contributed by atoms with Crippen LogP contribution in [-0.4, -0.2) is 19.5 Å². The Hall–Kier alpha value is -8.15. The van der Waals surface area contributed by atoms with Crippen LogP contribution in [0.25, 0.3) is 117 Å². The van der Waals surface area contributed by atoms with Gasteiger partial charge in [0.25, 0.3) is 0 Å². The third-order valence-corrected chi connectivity index (χ3v) is 11.6. The van der Waals surface area contributed by atoms with Crippen molar-refractivity contribution in [3.63, 3.8) is 0 Å². The van der Waals surface area contributed by atoms with Gasteiger partial charge in [-0.25, -0.2) is 15.0 Å². The van der Waals surface area contributed by atoms with Gasteiger partial charge in [0.15, 0.2) is 17.5 Å². The van der Waals surface area contributed by atoms with Crippen molar-refractivity contribution in [3.8, 4) is 62.1 Å². The molecule has 0 saturated heterocycles. The van der Waals surface area contributed by atoms with Crippen molar-refractivity contribution < 1.29 is 4.42 Å². The smallest absolute Gasteiger partial charge is 0.164 e. The first-order valence-electron chi connectivity index (χ1n) is 20.2. The molecule has 0 amide bonds. The fraction of sp³-hybridized carbons (Fsp3) is 0. The van der Waals surface area contributed by atoms with Gasteiger partial charge in [0.2, 0.25) is 0 Å². The van der Waals surface area contributed by atoms with Gasteiger partial charge in [-0.1, -0.05) is 152 Å². The average Bonchev–Trinajstić information content (AvgIpc) is 3.86. The number of benzene rings is 9. The van der Waals surface area contributed by atoms with Crippen LogP contribution in [0.5, 0.6) is 0 Å². The third-order valence-electron chi connectivity index (χ3n) is 11.6. The minimum atomic E-state index is 0.587. The fourth-order valence-electron chi connectivity index (χ4n) is 8.83. The standard InChI is InChI=1S/C55H34N4O/c1-3-15-35(16-4-1)37-21-13-22-40(31-37)54-56-53(36-17-5-2-6-18-36)57-55(58-54)44-30-29-41(34-46(44)43-25-14-28-51-52(43)45-24-10-12-27-50(45)60-51)59-48-26-11-9-23-42(48)47-32-38-19-7-8-20-39(38)33-49(47)59/h1-34H. The first kappa shape index (κ1) is 33.9. The van der Waals surface area contributed by atoms with E-state index in [-0.39, 0.29) is 0 Å². The topological polar surface area (TPSA) is 56.7 Å². The molecule has 0 fully saturated rings. The zero-order valence-corrected chi connectivity index (χ0v) is 32.3. The van der Waals surface area contributed by atoms with Crippen LogP contribution in [-0.2, 0) is 0 Å². The van der Waals surface area contributed by atoms with Gasteiger partial charge < -0.3 is 8.98 Å². The third kappa shape index (κ3) is 5.59. The molecule has 60 heavy (non-hydrogen) atoms. The van der Waals surface area contributed by atoms with E-state index in [4.69, 9.17) is 19.4 Å². The minimum absolute atomic E-state index is 0.587. The molecule has 0 N–H and O–H groups in total. The molecule has 0 spiro atoms. The van der Waals surface area contributed by atoms with Gasteiger partial charge >= 0.3 is 0 Å². The first-order chi connectivity index (χ1) is 29.7. The molecule has 12 aromatic rings. The number of nitrogens with zero attached hydrogens (tertiary/aromatic N) is 4. The molecule has 0 atom stereocenters. The van der Waals surface area contributed by atoms with Crippen molar-refractivity contribution in [2.45, 2.75) is 0 Å². The van der Waals surface area contributed by atoms with Gasteiger partial charge in [-0.05, 0) is 87.6 Å². The summed E-state index contributed by atoms with van der Waals surface area (Å²) < 4.78 is 8.86. The Bertz CT molecular complexity index is 3610. The lowest BCUT2D eigenvalue weighted by molar-refractivity contribution is 0.669. The Morgan fingerprint density at radius 2 is 0.950 bits per heavy atom. The van der Waals surface area contributed by atoms with Crippen molar-refractivity contribution in [2.75, 3.05) is 0 Å². The van der Waals surface area contributed by atoms with Gasteiger partial charge in [-0.2, -0.15) is 0 Å². The number of rotatable bonds is 6. The van der Waals surface area contributed by atoms with Gasteiger partial charge in [-0.3, -0.25) is 0 Å². The highest BCUT2D eigenvalue weighted by Crippen LogP contribution is 2.43. The molecule has 0 aliphatic carbocycles. The zero-order chi connectivity index (χ0) is 39.6. The van der Waals surface area contributed by atoms with Crippen LogP contribution in [0.3, 0.4) is 0 Å². The second-order valence-electron chi connectivity index (χ2n) is 15.2. The van der Waals surface area contributed by atoms with E-state index in [0.29, 0.717) is 17.5 Å². The van der Waals surface area contributed by atoms with Crippen molar-refractivity contribution in [2.24, 2.45) is 0 Å². The summed E-state index contributed by atoms with van der Waals surface area (Å²) >= 11 is 0. The molecule has 3 heterocycles. The van der Waals surface area contributed by atoms with E-state index in [1.807, 2.05) is 36.4 Å². The fourth-order valence-corrected chi connectivity index (χ4v) is 8.83. The van der Waals surface area contributed by atoms with Crippen LogP contribution in [0.4, 0.5) is 0 Å². The van der Waals surface area contributed by atoms with Crippen LogP contribution in [0.2, 0.25) is 0 Å². The Morgan fingerprint density at radius 3 is 1.78 bits per heavy atom. The van der Waals surface area contributed by atoms with E-state index in [1.165, 1.54) is 21.5 Å². The minimum Gasteiger partial charge on any atom is -0.456 e. The number of para-hydroxylation sites is 2. The Morgan fingerprint density at radius 1 is 0.333 bits per heavy atom. The van der Waals surface area contributed by atoms with Gasteiger partial charge in [0.05, 0.1) is 11.0 Å². The molecule has 0 aliphatic heterocycles. The van der Waals surface area contributed by atoms with E-state index in [0.717, 1.165) is 77.6 Å². The maximum Gasteiger partial charge on any atom is 0.164 e. The lowest BCUT2D eigenvalue weighted by Gasteiger charge is -2.16. The van der Waals surface area contributed by atoms with Crippen LogP contribution in [0.1, 0.15) is 0 Å². The molecule has 0 aliphatic rings. The summed E-state index contributed by atoms with van der Waals surface area (Å²) in [4.78, 5) is 15.7. The van der Waals surface area contributed by atoms with E-state index >= 15 is 0 Å². The summed E-state index contributed by atoms with van der Waals surface area (Å²) in [6.07, 6.45) is 0. The van der Waals surface area contributed by atoms with Crippen LogP contribution in [0, 0.1) is 0 Å². The Kier molecular flexibility index (Phi) is 7.78. The van der Waals surface area contributed by atoms with Gasteiger partial charge in [0, 0.05) is 43.9 Å². The molecule has 0 radical (unpaired) electrons. The lowest BCUT2D eigenvalue weighted by Crippen LogP contribution is -2.02. The summed E-state index contributed by atoms with van der Waals surface area (Å²) in [5, 5.41) is 6.94. The summed E-state index contributed by atoms with van der Waals surface area (Å²) in [5.74, 6) is 1.80. The molecular weight excluding hydrogens is 733 g/mol. The average molecular weight is 767 g/mol. The zero-order valence-electron chi connectivity index (χ0n) is 32.3. The van der Waals surface area contributed by atoms with Crippen LogP contribution in [0.15, 0.2) is 211 Å². The van der Waals surface area contributed by atoms with E-state index in [9.17, 15) is 0 Å². The highest BCUT2D eigenvalue weighted by molar-refractivity contribution is 6.15. The van der Waals surface area contributed by atoms with E-state index in [2.05, 4.69) is 174 Å². The highest BCUT2D eigenvalue weighted by atomic mass is 16.3. The molecule has 0 unspecified atom stereocenters. The van der Waals surface area contributed by atoms with Crippen LogP contribution < -0.4 is 0 Å². The molecule has 0 bridgehead atoms. The predicted molar refractivity (Wildman–Crippen MR) is 246 cm³/mol. The SMILES string of the molecule is c1ccc(-c2cccc(-c3nc(-c4ccccc4)nc(-c4ccc(-n5c6ccccc6c6cc7ccccc7cc65)cc4-c4cccc5oc6ccccc6c45)n3)c2)cc1. The quantitative estimate of drug-likeness (QED) is 0.169. The van der Waals surface area contributed by atoms with Crippen molar-refractivity contribution in [3.05, 3.63) is 206 Å². The summed E-state index contributed by atoms with van der Waals surface area (Å²) in [5.41, 5.74) is 12.0. The maximum absolute atomic E-state index is 6.47.